The Morgan fingerprint density at radius 2 is 1.20 bits per heavy atom. The van der Waals surface area contributed by atoms with Crippen LogP contribution in [0, 0.1) is 6.55 Å². The van der Waals surface area contributed by atoms with Crippen molar-refractivity contribution in [2.75, 3.05) is 0 Å². The molecule has 0 nitrogen and oxygen atoms in total. The predicted octanol–water partition coefficient (Wildman–Crippen LogP) is 1.70. The van der Waals surface area contributed by atoms with E-state index in [1.54, 1.807) is 0 Å². The summed E-state index contributed by atoms with van der Waals surface area (Å²) < 4.78 is 0. The Kier molecular flexibility index (Phi) is 1.18. The molecule has 1 radical (unpaired) electrons. The van der Waals surface area contributed by atoms with Gasteiger partial charge in [-0.3, -0.25) is 0 Å². The Morgan fingerprint density at radius 3 is 1.20 bits per heavy atom. The van der Waals surface area contributed by atoms with Gasteiger partial charge in [0.15, 0.2) is 0 Å². The summed E-state index contributed by atoms with van der Waals surface area (Å²) in [5, 5.41) is 0. The van der Waals surface area contributed by atoms with Gasteiger partial charge in [-0.15, -0.1) is 0 Å². The standard InChI is InChI=1S/C4H11Si/c1-5(2,3)4/h1H2,2-4H3. The first-order chi connectivity index (χ1) is 2.00. The molecule has 0 aromatic heterocycles. The van der Waals surface area contributed by atoms with Crippen LogP contribution in [0.25, 0.3) is 0 Å². The lowest BCUT2D eigenvalue weighted by Crippen LogP contribution is -2.12. The van der Waals surface area contributed by atoms with E-state index in [4.69, 9.17) is 0 Å². The summed E-state index contributed by atoms with van der Waals surface area (Å²) in [6.45, 7) is 10.6. The second kappa shape index (κ2) is 1.13. The highest BCUT2D eigenvalue weighted by Crippen LogP contribution is 1.92. The molecular weight excluding hydrogens is 76.1 g/mol. The number of hydrogen-bond acceptors (Lipinski definition) is 0. The average molecular weight is 87.2 g/mol. The van der Waals surface area contributed by atoms with Crippen molar-refractivity contribution in [1.82, 2.24) is 0 Å². The van der Waals surface area contributed by atoms with Gasteiger partial charge in [-0.25, -0.2) is 0 Å². The summed E-state index contributed by atoms with van der Waals surface area (Å²) in [5.41, 5.74) is 0. The fourth-order valence-electron chi connectivity index (χ4n) is 0. The Bertz CT molecular complexity index is 19.1. The molecule has 0 bridgehead atoms. The summed E-state index contributed by atoms with van der Waals surface area (Å²) >= 11 is 0. The molecule has 0 aromatic carbocycles. The molecule has 0 aliphatic carbocycles. The van der Waals surface area contributed by atoms with Gasteiger partial charge in [-0.2, -0.15) is 0 Å². The van der Waals surface area contributed by atoms with Gasteiger partial charge in [0.05, 0.1) is 0 Å². The van der Waals surface area contributed by atoms with E-state index in [-0.39, 0.29) is 0 Å². The smallest absolute Gasteiger partial charge is 0.0439 e. The fourth-order valence-corrected chi connectivity index (χ4v) is 0. The molecule has 0 atom stereocenters. The van der Waals surface area contributed by atoms with Crippen LogP contribution in [0.2, 0.25) is 19.6 Å². The van der Waals surface area contributed by atoms with Gasteiger partial charge in [0.25, 0.3) is 0 Å². The minimum Gasteiger partial charge on any atom is -0.0696 e. The predicted molar refractivity (Wildman–Crippen MR) is 28.7 cm³/mol. The summed E-state index contributed by atoms with van der Waals surface area (Å²) in [6.07, 6.45) is 0. The third-order valence-corrected chi connectivity index (χ3v) is 0. The molecular formula is C4H11Si. The van der Waals surface area contributed by atoms with Gasteiger partial charge < -0.3 is 0 Å². The van der Waals surface area contributed by atoms with Crippen molar-refractivity contribution in [3.63, 3.8) is 0 Å². The van der Waals surface area contributed by atoms with Gasteiger partial charge >= 0.3 is 0 Å². The summed E-state index contributed by atoms with van der Waals surface area (Å²) in [5.74, 6) is 0. The molecule has 0 heterocycles. The van der Waals surface area contributed by atoms with Crippen LogP contribution in [0.3, 0.4) is 0 Å². The highest BCUT2D eigenvalue weighted by molar-refractivity contribution is 6.77. The molecule has 0 N–H and O–H groups in total. The molecule has 0 fully saturated rings. The zero-order valence-corrected chi connectivity index (χ0v) is 5.21. The maximum Gasteiger partial charge on any atom is 0.0439 e. The zero-order chi connectivity index (χ0) is 4.50. The maximum absolute atomic E-state index is 3.91. The molecule has 31 valence electrons. The zero-order valence-electron chi connectivity index (χ0n) is 4.21. The first kappa shape index (κ1) is 5.22. The van der Waals surface area contributed by atoms with Crippen molar-refractivity contribution in [3.05, 3.63) is 6.55 Å². The molecule has 0 saturated carbocycles. The second-order valence-corrected chi connectivity index (χ2v) is 7.68. The summed E-state index contributed by atoms with van der Waals surface area (Å²) in [4.78, 5) is 0. The Hall–Kier alpha value is 0.217. The first-order valence-electron chi connectivity index (χ1n) is 1.85. The van der Waals surface area contributed by atoms with Gasteiger partial charge in [-0.1, -0.05) is 26.2 Å². The molecule has 0 rings (SSSR count). The summed E-state index contributed by atoms with van der Waals surface area (Å²) in [6, 6.07) is 0. The monoisotopic (exact) mass is 87.1 g/mol. The van der Waals surface area contributed by atoms with Gasteiger partial charge in [-0.05, 0) is 0 Å². The molecule has 0 aliphatic heterocycles. The highest BCUT2D eigenvalue weighted by Gasteiger charge is 1.99. The average Bonchev–Trinajstić information content (AvgIpc) is 0.722. The van der Waals surface area contributed by atoms with Crippen LogP contribution >= 0.6 is 0 Å². The third-order valence-electron chi connectivity index (χ3n) is 0. The van der Waals surface area contributed by atoms with E-state index >= 15 is 0 Å². The molecule has 0 amide bonds. The van der Waals surface area contributed by atoms with Crippen LogP contribution < -0.4 is 0 Å². The van der Waals surface area contributed by atoms with Crippen molar-refractivity contribution >= 4 is 8.07 Å². The Balaban J connectivity index is 3.02. The van der Waals surface area contributed by atoms with Crippen LogP contribution in [-0.2, 0) is 0 Å². The van der Waals surface area contributed by atoms with Crippen molar-refractivity contribution < 1.29 is 0 Å². The van der Waals surface area contributed by atoms with Crippen molar-refractivity contribution in [2.24, 2.45) is 0 Å². The van der Waals surface area contributed by atoms with E-state index < -0.39 is 8.07 Å². The van der Waals surface area contributed by atoms with E-state index in [0.717, 1.165) is 0 Å². The fraction of sp³-hybridized carbons (Fsp3) is 0.750. The van der Waals surface area contributed by atoms with E-state index in [0.29, 0.717) is 0 Å². The van der Waals surface area contributed by atoms with Crippen LogP contribution in [0.4, 0.5) is 0 Å². The topological polar surface area (TPSA) is 0 Å². The van der Waals surface area contributed by atoms with Gasteiger partial charge in [0.1, 0.15) is 0 Å². The normalized spacial score (nSPS) is 12.0. The Labute approximate surface area is 35.2 Å². The lowest BCUT2D eigenvalue weighted by atomic mass is 11.8. The third kappa shape index (κ3) is 441. The SMILES string of the molecule is [CH2][Si](C)(C)C. The summed E-state index contributed by atoms with van der Waals surface area (Å²) in [7, 11) is -0.861. The molecule has 1 heteroatoms. The molecule has 0 spiro atoms. The number of rotatable bonds is 0. The first-order valence-corrected chi connectivity index (χ1v) is 5.56. The lowest BCUT2D eigenvalue weighted by molar-refractivity contribution is 1.78. The minimum atomic E-state index is -0.861. The van der Waals surface area contributed by atoms with Crippen LogP contribution in [0.5, 0.6) is 0 Å². The quantitative estimate of drug-likeness (QED) is 0.394. The molecule has 5 heavy (non-hydrogen) atoms. The Morgan fingerprint density at radius 1 is 1.20 bits per heavy atom. The van der Waals surface area contributed by atoms with Gasteiger partial charge in [0, 0.05) is 8.07 Å². The van der Waals surface area contributed by atoms with E-state index in [1.165, 1.54) is 0 Å². The highest BCUT2D eigenvalue weighted by atomic mass is 28.3. The van der Waals surface area contributed by atoms with Crippen LogP contribution in [0.15, 0.2) is 0 Å². The maximum atomic E-state index is 3.91. The second-order valence-electron chi connectivity index (χ2n) is 2.56. The van der Waals surface area contributed by atoms with Crippen molar-refractivity contribution in [3.8, 4) is 0 Å². The number of hydrogen-bond donors (Lipinski definition) is 0. The van der Waals surface area contributed by atoms with Crippen LogP contribution in [-0.4, -0.2) is 8.07 Å². The molecule has 0 unspecified atom stereocenters. The molecule has 0 aliphatic rings. The van der Waals surface area contributed by atoms with Crippen molar-refractivity contribution in [1.29, 1.82) is 0 Å². The largest absolute Gasteiger partial charge is 0.0696 e. The molecule has 0 saturated heterocycles. The van der Waals surface area contributed by atoms with Gasteiger partial charge in [0.2, 0.25) is 0 Å². The lowest BCUT2D eigenvalue weighted by Gasteiger charge is -2.01. The van der Waals surface area contributed by atoms with E-state index in [9.17, 15) is 0 Å². The van der Waals surface area contributed by atoms with E-state index in [2.05, 4.69) is 26.2 Å². The van der Waals surface area contributed by atoms with Crippen molar-refractivity contribution in [2.45, 2.75) is 19.6 Å². The molecule has 0 aromatic rings. The minimum absolute atomic E-state index is 0.861. The van der Waals surface area contributed by atoms with Crippen LogP contribution in [0.1, 0.15) is 0 Å². The van der Waals surface area contributed by atoms with E-state index in [1.807, 2.05) is 0 Å².